The molecule has 4 N–H and O–H groups in total. The van der Waals surface area contributed by atoms with Crippen LogP contribution in [0.5, 0.6) is 0 Å². The lowest BCUT2D eigenvalue weighted by Gasteiger charge is -1.99. The van der Waals surface area contributed by atoms with Crippen molar-refractivity contribution in [1.82, 2.24) is 0 Å². The predicted octanol–water partition coefficient (Wildman–Crippen LogP) is 1.51. The van der Waals surface area contributed by atoms with Gasteiger partial charge in [-0.15, -0.1) is 24.8 Å². The van der Waals surface area contributed by atoms with E-state index in [4.69, 9.17) is 10.9 Å². The van der Waals surface area contributed by atoms with Gasteiger partial charge in [0.25, 0.3) is 0 Å². The van der Waals surface area contributed by atoms with E-state index in [-0.39, 0.29) is 30.4 Å². The maximum atomic E-state index is 10.4. The highest BCUT2D eigenvalue weighted by Gasteiger charge is 2.00. The number of benzene rings is 1. The lowest BCUT2D eigenvalue weighted by atomic mass is 10.2. The SMILES string of the molecule is Cl.Cl.NNc1cccc(C(=O)O)c1. The normalized spacial score (nSPS) is 7.77. The molecule has 0 heterocycles. The van der Waals surface area contributed by atoms with Crippen molar-refractivity contribution in [2.75, 3.05) is 5.43 Å². The van der Waals surface area contributed by atoms with Gasteiger partial charge in [0.1, 0.15) is 0 Å². The standard InChI is InChI=1S/C7H8N2O2.2ClH/c8-9-6-3-1-2-5(4-6)7(10)11;;/h1-4,9H,8H2,(H,10,11);2*1H. The summed E-state index contributed by atoms with van der Waals surface area (Å²) in [5.41, 5.74) is 3.17. The molecule has 0 fully saturated rings. The number of hydrazine groups is 1. The minimum absolute atomic E-state index is 0. The van der Waals surface area contributed by atoms with Crippen LogP contribution >= 0.6 is 24.8 Å². The summed E-state index contributed by atoms with van der Waals surface area (Å²) in [6.45, 7) is 0. The van der Waals surface area contributed by atoms with Gasteiger partial charge in [-0.05, 0) is 18.2 Å². The molecular formula is C7H10Cl2N2O2. The molecule has 0 spiro atoms. The molecule has 13 heavy (non-hydrogen) atoms. The van der Waals surface area contributed by atoms with Crippen molar-refractivity contribution >= 4 is 36.5 Å². The molecule has 0 saturated carbocycles. The molecule has 4 nitrogen and oxygen atoms in total. The Morgan fingerprint density at radius 3 is 2.46 bits per heavy atom. The summed E-state index contributed by atoms with van der Waals surface area (Å²) in [6.07, 6.45) is 0. The zero-order valence-corrected chi connectivity index (χ0v) is 8.19. The fourth-order valence-corrected chi connectivity index (χ4v) is 0.742. The Morgan fingerprint density at radius 2 is 2.00 bits per heavy atom. The van der Waals surface area contributed by atoms with E-state index in [1.807, 2.05) is 0 Å². The van der Waals surface area contributed by atoms with Crippen molar-refractivity contribution in [2.24, 2.45) is 5.84 Å². The molecule has 1 aromatic carbocycles. The van der Waals surface area contributed by atoms with Crippen LogP contribution < -0.4 is 11.3 Å². The number of hydrogen-bond acceptors (Lipinski definition) is 3. The highest BCUT2D eigenvalue weighted by molar-refractivity contribution is 5.88. The lowest BCUT2D eigenvalue weighted by molar-refractivity contribution is 0.0697. The summed E-state index contributed by atoms with van der Waals surface area (Å²) in [6, 6.07) is 6.27. The number of nitrogens with one attached hydrogen (secondary N) is 1. The molecule has 0 bridgehead atoms. The summed E-state index contributed by atoms with van der Waals surface area (Å²) in [4.78, 5) is 10.4. The van der Waals surface area contributed by atoms with Crippen LogP contribution in [0.4, 0.5) is 5.69 Å². The Bertz CT molecular complexity index is 281. The number of carboxylic acid groups (broad SMARTS) is 1. The molecule has 0 atom stereocenters. The first kappa shape index (κ1) is 14.5. The van der Waals surface area contributed by atoms with Crippen molar-refractivity contribution in [3.05, 3.63) is 29.8 Å². The fraction of sp³-hybridized carbons (Fsp3) is 0. The third-order valence-electron chi connectivity index (χ3n) is 1.28. The van der Waals surface area contributed by atoms with Crippen LogP contribution in [0.3, 0.4) is 0 Å². The van der Waals surface area contributed by atoms with Crippen molar-refractivity contribution in [3.63, 3.8) is 0 Å². The summed E-state index contributed by atoms with van der Waals surface area (Å²) >= 11 is 0. The predicted molar refractivity (Wildman–Crippen MR) is 55.7 cm³/mol. The van der Waals surface area contributed by atoms with Gasteiger partial charge in [0, 0.05) is 5.69 Å². The van der Waals surface area contributed by atoms with Crippen molar-refractivity contribution < 1.29 is 9.90 Å². The zero-order valence-electron chi connectivity index (χ0n) is 6.56. The van der Waals surface area contributed by atoms with Gasteiger partial charge in [-0.2, -0.15) is 0 Å². The number of halogens is 2. The first-order chi connectivity index (χ1) is 5.24. The van der Waals surface area contributed by atoms with E-state index in [1.165, 1.54) is 12.1 Å². The molecule has 74 valence electrons. The number of rotatable bonds is 2. The number of nitrogens with two attached hydrogens (primary N) is 1. The van der Waals surface area contributed by atoms with Crippen LogP contribution in [0.15, 0.2) is 24.3 Å². The Labute approximate surface area is 87.9 Å². The van der Waals surface area contributed by atoms with Gasteiger partial charge < -0.3 is 10.5 Å². The Kier molecular flexibility index (Phi) is 7.31. The number of hydrogen-bond donors (Lipinski definition) is 3. The first-order valence-electron chi connectivity index (χ1n) is 3.04. The van der Waals surface area contributed by atoms with Crippen LogP contribution in [0.1, 0.15) is 10.4 Å². The third kappa shape index (κ3) is 3.98. The van der Waals surface area contributed by atoms with E-state index >= 15 is 0 Å². The largest absolute Gasteiger partial charge is 0.478 e. The second-order valence-electron chi connectivity index (χ2n) is 2.03. The van der Waals surface area contributed by atoms with E-state index in [1.54, 1.807) is 12.1 Å². The van der Waals surface area contributed by atoms with E-state index in [0.717, 1.165) is 0 Å². The molecule has 0 aliphatic carbocycles. The molecule has 0 saturated heterocycles. The Morgan fingerprint density at radius 1 is 1.38 bits per heavy atom. The molecule has 1 rings (SSSR count). The van der Waals surface area contributed by atoms with E-state index in [0.29, 0.717) is 5.69 Å². The lowest BCUT2D eigenvalue weighted by Crippen LogP contribution is -2.07. The highest BCUT2D eigenvalue weighted by Crippen LogP contribution is 2.08. The smallest absolute Gasteiger partial charge is 0.335 e. The molecular weight excluding hydrogens is 215 g/mol. The molecule has 0 unspecified atom stereocenters. The summed E-state index contributed by atoms with van der Waals surface area (Å²) in [7, 11) is 0. The van der Waals surface area contributed by atoms with Gasteiger partial charge in [0.2, 0.25) is 0 Å². The topological polar surface area (TPSA) is 75.3 Å². The molecule has 6 heteroatoms. The number of anilines is 1. The first-order valence-corrected chi connectivity index (χ1v) is 3.04. The van der Waals surface area contributed by atoms with Gasteiger partial charge in [0.05, 0.1) is 5.56 Å². The van der Waals surface area contributed by atoms with Crippen LogP contribution in [0.2, 0.25) is 0 Å². The molecule has 0 amide bonds. The van der Waals surface area contributed by atoms with Gasteiger partial charge in [0.15, 0.2) is 0 Å². The van der Waals surface area contributed by atoms with Gasteiger partial charge in [-0.25, -0.2) is 4.79 Å². The number of aromatic carboxylic acids is 1. The second-order valence-corrected chi connectivity index (χ2v) is 2.03. The van der Waals surface area contributed by atoms with Crippen LogP contribution in [0, 0.1) is 0 Å². The molecule has 0 aliphatic heterocycles. The van der Waals surface area contributed by atoms with Crippen molar-refractivity contribution in [3.8, 4) is 0 Å². The van der Waals surface area contributed by atoms with Gasteiger partial charge >= 0.3 is 5.97 Å². The van der Waals surface area contributed by atoms with E-state index < -0.39 is 5.97 Å². The Hall–Kier alpha value is -0.970. The van der Waals surface area contributed by atoms with Gasteiger partial charge in [-0.3, -0.25) is 5.84 Å². The number of carbonyl (C=O) groups is 1. The summed E-state index contributed by atoms with van der Waals surface area (Å²) < 4.78 is 0. The van der Waals surface area contributed by atoms with E-state index in [2.05, 4.69) is 5.43 Å². The Balaban J connectivity index is 0. The zero-order chi connectivity index (χ0) is 8.27. The average Bonchev–Trinajstić information content (AvgIpc) is 2.05. The number of carboxylic acids is 1. The monoisotopic (exact) mass is 224 g/mol. The van der Waals surface area contributed by atoms with Crippen LogP contribution in [0.25, 0.3) is 0 Å². The van der Waals surface area contributed by atoms with Crippen LogP contribution in [-0.2, 0) is 0 Å². The summed E-state index contributed by atoms with van der Waals surface area (Å²) in [5.74, 6) is 4.12. The fourth-order valence-electron chi connectivity index (χ4n) is 0.742. The highest BCUT2D eigenvalue weighted by atomic mass is 35.5. The maximum Gasteiger partial charge on any atom is 0.335 e. The van der Waals surface area contributed by atoms with E-state index in [9.17, 15) is 4.79 Å². The van der Waals surface area contributed by atoms with Gasteiger partial charge in [-0.1, -0.05) is 6.07 Å². The molecule has 0 aromatic heterocycles. The third-order valence-corrected chi connectivity index (χ3v) is 1.28. The molecule has 1 aromatic rings. The van der Waals surface area contributed by atoms with Crippen molar-refractivity contribution in [2.45, 2.75) is 0 Å². The quantitative estimate of drug-likeness (QED) is 0.526. The maximum absolute atomic E-state index is 10.4. The molecule has 0 radical (unpaired) electrons. The summed E-state index contributed by atoms with van der Waals surface area (Å²) in [5, 5.41) is 8.54. The number of nitrogen functional groups attached to an aromatic ring is 1. The average molecular weight is 225 g/mol. The second kappa shape index (κ2) is 6.54. The van der Waals surface area contributed by atoms with Crippen LogP contribution in [-0.4, -0.2) is 11.1 Å². The minimum atomic E-state index is -0.956. The minimum Gasteiger partial charge on any atom is -0.478 e. The molecule has 0 aliphatic rings. The van der Waals surface area contributed by atoms with Crippen molar-refractivity contribution in [1.29, 1.82) is 0 Å².